The summed E-state index contributed by atoms with van der Waals surface area (Å²) in [6, 6.07) is 22.8. The van der Waals surface area contributed by atoms with Gasteiger partial charge in [0.2, 0.25) is 5.91 Å². The van der Waals surface area contributed by atoms with Gasteiger partial charge in [-0.05, 0) is 35.4 Å². The lowest BCUT2D eigenvalue weighted by Crippen LogP contribution is -2.62. The lowest BCUT2D eigenvalue weighted by atomic mass is 9.56. The minimum Gasteiger partial charge on any atom is -0.481 e. The first-order valence-electron chi connectivity index (χ1n) is 11.7. The quantitative estimate of drug-likeness (QED) is 0.345. The summed E-state index contributed by atoms with van der Waals surface area (Å²) in [5, 5.41) is 29.1. The molecule has 0 unspecified atom stereocenters. The highest BCUT2D eigenvalue weighted by atomic mass is 35.5. The number of amides is 1. The summed E-state index contributed by atoms with van der Waals surface area (Å²) in [5.41, 5.74) is 1.23. The lowest BCUT2D eigenvalue weighted by Gasteiger charge is -2.45. The van der Waals surface area contributed by atoms with Crippen molar-refractivity contribution in [1.29, 1.82) is 0 Å². The second-order valence-corrected chi connectivity index (χ2v) is 9.37. The van der Waals surface area contributed by atoms with E-state index in [-0.39, 0.29) is 18.1 Å². The molecule has 1 aliphatic rings. The molecule has 1 saturated carbocycles. The molecule has 1 amide bonds. The van der Waals surface area contributed by atoms with Crippen LogP contribution in [0.15, 0.2) is 78.9 Å². The molecule has 0 saturated heterocycles. The van der Waals surface area contributed by atoms with Crippen LogP contribution in [-0.2, 0) is 32.3 Å². The fraction of sp³-hybridized carbons (Fsp3) is 0.214. The average molecular weight is 538 g/mol. The molecule has 0 spiro atoms. The van der Waals surface area contributed by atoms with Crippen molar-refractivity contribution in [2.45, 2.75) is 13.1 Å². The molecular formula is C28H24ClNO8. The monoisotopic (exact) mass is 537 g/mol. The number of carbonyl (C=O) groups is 4. The molecule has 1 aliphatic carbocycles. The molecule has 0 heterocycles. The zero-order valence-corrected chi connectivity index (χ0v) is 20.7. The third-order valence-electron chi connectivity index (χ3n) is 6.58. The Morgan fingerprint density at radius 3 is 1.74 bits per heavy atom. The van der Waals surface area contributed by atoms with E-state index in [0.29, 0.717) is 22.6 Å². The summed E-state index contributed by atoms with van der Waals surface area (Å²) in [7, 11) is 0. The summed E-state index contributed by atoms with van der Waals surface area (Å²) in [5.74, 6) is -10.9. The number of benzene rings is 3. The molecule has 0 aliphatic heterocycles. The number of rotatable bonds is 10. The van der Waals surface area contributed by atoms with Crippen LogP contribution < -0.4 is 4.74 Å². The minimum absolute atomic E-state index is 0.0329. The molecule has 10 heteroatoms. The average Bonchev–Trinajstić information content (AvgIpc) is 2.85. The maximum absolute atomic E-state index is 13.7. The largest absolute Gasteiger partial charge is 0.481 e. The van der Waals surface area contributed by atoms with Crippen LogP contribution in [0.1, 0.15) is 11.1 Å². The number of hydrogen-bond donors (Lipinski definition) is 3. The van der Waals surface area contributed by atoms with Gasteiger partial charge in [-0.2, -0.15) is 0 Å². The third kappa shape index (κ3) is 5.63. The Hall–Kier alpha value is -4.37. The molecule has 38 heavy (non-hydrogen) atoms. The Morgan fingerprint density at radius 2 is 1.21 bits per heavy atom. The Labute approximate surface area is 222 Å². The minimum atomic E-state index is -1.71. The maximum atomic E-state index is 13.7. The van der Waals surface area contributed by atoms with Gasteiger partial charge in [0.25, 0.3) is 0 Å². The van der Waals surface area contributed by atoms with E-state index in [0.717, 1.165) is 0 Å². The number of para-hydroxylation sites is 1. The highest BCUT2D eigenvalue weighted by molar-refractivity contribution is 6.31. The Balaban J connectivity index is 1.63. The number of carboxylic acid groups (broad SMARTS) is 3. The molecule has 0 bridgehead atoms. The van der Waals surface area contributed by atoms with E-state index in [1.165, 1.54) is 4.90 Å². The Bertz CT molecular complexity index is 1330. The number of hydrogen-bond acceptors (Lipinski definition) is 5. The predicted octanol–water partition coefficient (Wildman–Crippen LogP) is 4.39. The van der Waals surface area contributed by atoms with Gasteiger partial charge in [0.15, 0.2) is 0 Å². The van der Waals surface area contributed by atoms with Gasteiger partial charge in [-0.15, -0.1) is 0 Å². The van der Waals surface area contributed by atoms with Gasteiger partial charge in [0, 0.05) is 18.1 Å². The Morgan fingerprint density at radius 1 is 0.684 bits per heavy atom. The molecule has 9 nitrogen and oxygen atoms in total. The summed E-state index contributed by atoms with van der Waals surface area (Å²) < 4.78 is 5.79. The van der Waals surface area contributed by atoms with Crippen molar-refractivity contribution in [2.75, 3.05) is 0 Å². The van der Waals surface area contributed by atoms with Crippen molar-refractivity contribution >= 4 is 35.4 Å². The summed E-state index contributed by atoms with van der Waals surface area (Å²) >= 11 is 6.51. The van der Waals surface area contributed by atoms with E-state index in [2.05, 4.69) is 0 Å². The molecule has 3 aromatic rings. The zero-order chi connectivity index (χ0) is 27.4. The standard InChI is InChI=1S/C28H24ClNO8/c29-20-13-19(38-18-9-5-2-6-10-18)12-11-17(20)15-30(14-16-7-3-1-4-8-16)25(31)21-22(26(32)33)24(28(36)37)23(21)27(34)35/h1-13,21-24H,14-15H2,(H,32,33)(H,34,35)(H,36,37)/t21-,22-,23-,24-/m1/s1. The van der Waals surface area contributed by atoms with Crippen LogP contribution in [0.3, 0.4) is 0 Å². The van der Waals surface area contributed by atoms with Crippen LogP contribution in [0, 0.1) is 23.7 Å². The van der Waals surface area contributed by atoms with Crippen molar-refractivity contribution in [2.24, 2.45) is 23.7 Å². The van der Waals surface area contributed by atoms with Crippen LogP contribution in [0.4, 0.5) is 0 Å². The molecule has 196 valence electrons. The van der Waals surface area contributed by atoms with Crippen molar-refractivity contribution in [3.63, 3.8) is 0 Å². The molecular weight excluding hydrogens is 514 g/mol. The number of halogens is 1. The highest BCUT2D eigenvalue weighted by Gasteiger charge is 2.64. The van der Waals surface area contributed by atoms with Gasteiger partial charge in [-0.3, -0.25) is 19.2 Å². The summed E-state index contributed by atoms with van der Waals surface area (Å²) in [4.78, 5) is 50.5. The predicted molar refractivity (Wildman–Crippen MR) is 136 cm³/mol. The number of aliphatic carboxylic acids is 3. The van der Waals surface area contributed by atoms with Crippen LogP contribution in [-0.4, -0.2) is 44.0 Å². The van der Waals surface area contributed by atoms with Crippen LogP contribution in [0.5, 0.6) is 11.5 Å². The smallest absolute Gasteiger partial charge is 0.308 e. The van der Waals surface area contributed by atoms with Gasteiger partial charge < -0.3 is 25.0 Å². The zero-order valence-electron chi connectivity index (χ0n) is 19.9. The number of carboxylic acids is 3. The van der Waals surface area contributed by atoms with Crippen molar-refractivity contribution in [1.82, 2.24) is 4.90 Å². The number of nitrogens with zero attached hydrogens (tertiary/aromatic N) is 1. The van der Waals surface area contributed by atoms with Crippen molar-refractivity contribution in [3.05, 3.63) is 95.0 Å². The molecule has 4 rings (SSSR count). The van der Waals surface area contributed by atoms with E-state index in [1.54, 1.807) is 60.7 Å². The molecule has 2 atom stereocenters. The molecule has 0 radical (unpaired) electrons. The van der Waals surface area contributed by atoms with Crippen molar-refractivity contribution in [3.8, 4) is 11.5 Å². The summed E-state index contributed by atoms with van der Waals surface area (Å²) in [6.45, 7) is -0.0315. The van der Waals surface area contributed by atoms with Crippen LogP contribution in [0.2, 0.25) is 5.02 Å². The summed E-state index contributed by atoms with van der Waals surface area (Å²) in [6.07, 6.45) is 0. The fourth-order valence-electron chi connectivity index (χ4n) is 4.75. The number of ether oxygens (including phenoxy) is 1. The second kappa shape index (κ2) is 11.4. The van der Waals surface area contributed by atoms with E-state index >= 15 is 0 Å². The van der Waals surface area contributed by atoms with Gasteiger partial charge in [-0.25, -0.2) is 0 Å². The van der Waals surface area contributed by atoms with Crippen LogP contribution in [0.25, 0.3) is 0 Å². The topological polar surface area (TPSA) is 141 Å². The fourth-order valence-corrected chi connectivity index (χ4v) is 4.98. The van der Waals surface area contributed by atoms with Crippen molar-refractivity contribution < 1.29 is 39.2 Å². The van der Waals surface area contributed by atoms with Gasteiger partial charge in [0.05, 0.1) is 23.7 Å². The first-order valence-corrected chi connectivity index (χ1v) is 12.1. The van der Waals surface area contributed by atoms with Gasteiger partial charge in [0.1, 0.15) is 11.5 Å². The Kier molecular flexibility index (Phi) is 7.97. The lowest BCUT2D eigenvalue weighted by molar-refractivity contribution is -0.190. The third-order valence-corrected chi connectivity index (χ3v) is 6.93. The van der Waals surface area contributed by atoms with E-state index in [1.807, 2.05) is 18.2 Å². The molecule has 1 fully saturated rings. The molecule has 0 aromatic heterocycles. The van der Waals surface area contributed by atoms with E-state index in [4.69, 9.17) is 16.3 Å². The highest BCUT2D eigenvalue weighted by Crippen LogP contribution is 2.48. The SMILES string of the molecule is O=C(O)[C@H]1[C@H](C(=O)O)[C@H](C(=O)O)[C@H]1C(=O)N(Cc1ccccc1)Cc1ccc(Oc2ccccc2)cc1Cl. The van der Waals surface area contributed by atoms with Gasteiger partial charge >= 0.3 is 17.9 Å². The first kappa shape index (κ1) is 26.7. The molecule has 3 N–H and O–H groups in total. The first-order chi connectivity index (χ1) is 18.2. The van der Waals surface area contributed by atoms with Gasteiger partial charge in [-0.1, -0.05) is 66.2 Å². The number of carbonyl (C=O) groups excluding carboxylic acids is 1. The maximum Gasteiger partial charge on any atom is 0.308 e. The van der Waals surface area contributed by atoms with E-state index < -0.39 is 47.5 Å². The normalized spacial score (nSPS) is 20.1. The van der Waals surface area contributed by atoms with Crippen LogP contribution >= 0.6 is 11.6 Å². The molecule has 3 aromatic carbocycles. The van der Waals surface area contributed by atoms with E-state index in [9.17, 15) is 34.5 Å². The second-order valence-electron chi connectivity index (χ2n) is 8.97.